The molecule has 2 amide bonds. The molecule has 0 saturated heterocycles. The van der Waals surface area contributed by atoms with Gasteiger partial charge in [-0.05, 0) is 18.1 Å². The Morgan fingerprint density at radius 2 is 1.75 bits per heavy atom. The Balaban J connectivity index is 2.00. The van der Waals surface area contributed by atoms with Gasteiger partial charge in [-0.2, -0.15) is 0 Å². The van der Waals surface area contributed by atoms with E-state index in [2.05, 4.69) is 14.1 Å². The highest BCUT2D eigenvalue weighted by Crippen LogP contribution is 2.10. The third-order valence-corrected chi connectivity index (χ3v) is 4.60. The van der Waals surface area contributed by atoms with Gasteiger partial charge in [0.15, 0.2) is 0 Å². The standard InChI is InChI=1S/C22H31N3O3/c1-4-12-24(22(27)20-11-16-28-18-20)13-10-21(26)25(15-14-23(2)3)17-19-8-6-5-7-9-19/h5-9,11,16,18H,4,10,12-15,17H2,1-3H3/p+1. The van der Waals surface area contributed by atoms with Gasteiger partial charge in [0, 0.05) is 26.1 Å². The van der Waals surface area contributed by atoms with Gasteiger partial charge in [-0.15, -0.1) is 0 Å². The number of carbonyl (C=O) groups excluding carboxylic acids is 2. The van der Waals surface area contributed by atoms with Crippen molar-refractivity contribution in [2.45, 2.75) is 26.3 Å². The lowest BCUT2D eigenvalue weighted by atomic mass is 10.2. The molecule has 0 spiro atoms. The molecule has 28 heavy (non-hydrogen) atoms. The first-order chi connectivity index (χ1) is 13.5. The van der Waals surface area contributed by atoms with Crippen molar-refractivity contribution in [1.29, 1.82) is 0 Å². The molecule has 0 aliphatic rings. The van der Waals surface area contributed by atoms with Gasteiger partial charge in [-0.3, -0.25) is 9.59 Å². The number of amides is 2. The van der Waals surface area contributed by atoms with Gasteiger partial charge in [0.05, 0.1) is 39.0 Å². The number of hydrogen-bond donors (Lipinski definition) is 1. The second kappa shape index (κ2) is 11.3. The van der Waals surface area contributed by atoms with E-state index in [9.17, 15) is 9.59 Å². The summed E-state index contributed by atoms with van der Waals surface area (Å²) in [6, 6.07) is 11.7. The van der Waals surface area contributed by atoms with Gasteiger partial charge in [-0.25, -0.2) is 0 Å². The summed E-state index contributed by atoms with van der Waals surface area (Å²) in [4.78, 5) is 30.5. The van der Waals surface area contributed by atoms with Crippen LogP contribution in [0.4, 0.5) is 0 Å². The molecule has 0 radical (unpaired) electrons. The summed E-state index contributed by atoms with van der Waals surface area (Å²) in [5.41, 5.74) is 1.64. The van der Waals surface area contributed by atoms with E-state index in [1.165, 1.54) is 17.4 Å². The Morgan fingerprint density at radius 3 is 2.36 bits per heavy atom. The Hall–Kier alpha value is -2.60. The molecule has 1 N–H and O–H groups in total. The molecule has 6 nitrogen and oxygen atoms in total. The molecule has 1 heterocycles. The van der Waals surface area contributed by atoms with Crippen LogP contribution in [0.25, 0.3) is 0 Å². The third-order valence-electron chi connectivity index (χ3n) is 4.60. The second-order valence-electron chi connectivity index (χ2n) is 7.31. The number of nitrogens with zero attached hydrogens (tertiary/aromatic N) is 2. The number of carbonyl (C=O) groups is 2. The lowest BCUT2D eigenvalue weighted by Gasteiger charge is -2.26. The van der Waals surface area contributed by atoms with Crippen molar-refractivity contribution in [3.8, 4) is 0 Å². The number of nitrogens with one attached hydrogen (secondary N) is 1. The molecule has 0 fully saturated rings. The highest BCUT2D eigenvalue weighted by atomic mass is 16.3. The molecule has 152 valence electrons. The van der Waals surface area contributed by atoms with Gasteiger partial charge < -0.3 is 19.1 Å². The van der Waals surface area contributed by atoms with E-state index in [4.69, 9.17) is 4.42 Å². The topological polar surface area (TPSA) is 58.2 Å². The van der Waals surface area contributed by atoms with Crippen LogP contribution in [0.3, 0.4) is 0 Å². The zero-order valence-electron chi connectivity index (χ0n) is 17.2. The number of likely N-dealkylation sites (N-methyl/N-ethyl adjacent to an activating group) is 1. The quantitative estimate of drug-likeness (QED) is 0.639. The van der Waals surface area contributed by atoms with E-state index in [0.717, 1.165) is 18.5 Å². The smallest absolute Gasteiger partial charge is 0.257 e. The van der Waals surface area contributed by atoms with E-state index < -0.39 is 0 Å². The lowest BCUT2D eigenvalue weighted by molar-refractivity contribution is -0.857. The minimum Gasteiger partial charge on any atom is -0.472 e. The first kappa shape index (κ1) is 21.7. The summed E-state index contributed by atoms with van der Waals surface area (Å²) in [6.07, 6.45) is 4.11. The van der Waals surface area contributed by atoms with Crippen molar-refractivity contribution in [3.05, 3.63) is 60.1 Å². The Kier molecular flexibility index (Phi) is 8.75. The molecule has 2 aromatic rings. The Morgan fingerprint density at radius 1 is 1.00 bits per heavy atom. The third kappa shape index (κ3) is 6.85. The van der Waals surface area contributed by atoms with E-state index in [0.29, 0.717) is 38.2 Å². The lowest BCUT2D eigenvalue weighted by Crippen LogP contribution is -3.06. The zero-order chi connectivity index (χ0) is 20.4. The second-order valence-corrected chi connectivity index (χ2v) is 7.31. The maximum absolute atomic E-state index is 12.9. The molecule has 0 saturated carbocycles. The summed E-state index contributed by atoms with van der Waals surface area (Å²) < 4.78 is 5.02. The minimum atomic E-state index is -0.0873. The number of benzene rings is 1. The summed E-state index contributed by atoms with van der Waals surface area (Å²) in [6.45, 7) is 5.23. The van der Waals surface area contributed by atoms with Gasteiger partial charge in [0.2, 0.25) is 5.91 Å². The van der Waals surface area contributed by atoms with Crippen molar-refractivity contribution in [3.63, 3.8) is 0 Å². The molecular weight excluding hydrogens is 354 g/mol. The van der Waals surface area contributed by atoms with E-state index in [-0.39, 0.29) is 11.8 Å². The number of hydrogen-bond acceptors (Lipinski definition) is 3. The van der Waals surface area contributed by atoms with Crippen LogP contribution in [0, 0.1) is 0 Å². The molecule has 1 aromatic heterocycles. The Bertz CT molecular complexity index is 714. The fraction of sp³-hybridized carbons (Fsp3) is 0.455. The van der Waals surface area contributed by atoms with Crippen LogP contribution in [0.2, 0.25) is 0 Å². The predicted molar refractivity (Wildman–Crippen MR) is 109 cm³/mol. The molecule has 0 aliphatic heterocycles. The van der Waals surface area contributed by atoms with Crippen LogP contribution in [-0.2, 0) is 11.3 Å². The highest BCUT2D eigenvalue weighted by Gasteiger charge is 2.20. The maximum atomic E-state index is 12.9. The number of quaternary nitrogens is 1. The van der Waals surface area contributed by atoms with E-state index in [1.807, 2.05) is 42.2 Å². The maximum Gasteiger partial charge on any atom is 0.257 e. The van der Waals surface area contributed by atoms with Crippen LogP contribution in [0.15, 0.2) is 53.3 Å². The number of furan rings is 1. The molecule has 0 atom stereocenters. The van der Waals surface area contributed by atoms with Crippen LogP contribution >= 0.6 is 0 Å². The molecule has 2 rings (SSSR count). The van der Waals surface area contributed by atoms with Crippen molar-refractivity contribution in [2.75, 3.05) is 40.3 Å². The molecule has 0 aliphatic carbocycles. The predicted octanol–water partition coefficient (Wildman–Crippen LogP) is 1.70. The summed E-state index contributed by atoms with van der Waals surface area (Å²) >= 11 is 0. The summed E-state index contributed by atoms with van der Waals surface area (Å²) in [5, 5.41) is 0. The van der Waals surface area contributed by atoms with Crippen molar-refractivity contribution >= 4 is 11.8 Å². The zero-order valence-corrected chi connectivity index (χ0v) is 17.2. The fourth-order valence-corrected chi connectivity index (χ4v) is 3.00. The van der Waals surface area contributed by atoms with Crippen molar-refractivity contribution in [2.24, 2.45) is 0 Å². The minimum absolute atomic E-state index is 0.0752. The van der Waals surface area contributed by atoms with Crippen LogP contribution < -0.4 is 4.90 Å². The monoisotopic (exact) mass is 386 g/mol. The SMILES string of the molecule is CCCN(CCC(=O)N(CC[NH+](C)C)Cc1ccccc1)C(=O)c1ccoc1. The number of rotatable bonds is 11. The van der Waals surface area contributed by atoms with Crippen LogP contribution in [-0.4, -0.2) is 61.9 Å². The van der Waals surface area contributed by atoms with E-state index >= 15 is 0 Å². The molecule has 0 unspecified atom stereocenters. The van der Waals surface area contributed by atoms with Crippen molar-refractivity contribution in [1.82, 2.24) is 9.80 Å². The summed E-state index contributed by atoms with van der Waals surface area (Å²) in [7, 11) is 4.16. The van der Waals surface area contributed by atoms with Gasteiger partial charge in [0.1, 0.15) is 6.26 Å². The van der Waals surface area contributed by atoms with Crippen LogP contribution in [0.5, 0.6) is 0 Å². The fourth-order valence-electron chi connectivity index (χ4n) is 3.00. The average molecular weight is 387 g/mol. The van der Waals surface area contributed by atoms with Gasteiger partial charge in [-0.1, -0.05) is 37.3 Å². The average Bonchev–Trinajstić information content (AvgIpc) is 3.23. The molecule has 1 aromatic carbocycles. The normalized spacial score (nSPS) is 10.9. The first-order valence-electron chi connectivity index (χ1n) is 9.93. The van der Waals surface area contributed by atoms with Gasteiger partial charge >= 0.3 is 0 Å². The first-order valence-corrected chi connectivity index (χ1v) is 9.93. The molecular formula is C22H32N3O3+. The molecule has 0 bridgehead atoms. The van der Waals surface area contributed by atoms with E-state index in [1.54, 1.807) is 11.0 Å². The summed E-state index contributed by atoms with van der Waals surface area (Å²) in [5.74, 6) is -0.0121. The Labute approximate surface area is 167 Å². The van der Waals surface area contributed by atoms with Gasteiger partial charge in [0.25, 0.3) is 5.91 Å². The molecule has 6 heteroatoms. The highest BCUT2D eigenvalue weighted by molar-refractivity contribution is 5.94. The van der Waals surface area contributed by atoms with Crippen molar-refractivity contribution < 1.29 is 18.9 Å². The van der Waals surface area contributed by atoms with Crippen LogP contribution in [0.1, 0.15) is 35.7 Å². The largest absolute Gasteiger partial charge is 0.472 e.